The third-order valence-electron chi connectivity index (χ3n) is 11.9. The average Bonchev–Trinajstić information content (AvgIpc) is 3.73. The van der Waals surface area contributed by atoms with Crippen molar-refractivity contribution < 1.29 is 0 Å². The first-order chi connectivity index (χ1) is 26.8. The minimum Gasteiger partial charge on any atom is -0.310 e. The van der Waals surface area contributed by atoms with Gasteiger partial charge in [0.05, 0.1) is 0 Å². The summed E-state index contributed by atoms with van der Waals surface area (Å²) in [7, 11) is 0. The number of anilines is 6. The molecule has 252 valence electrons. The van der Waals surface area contributed by atoms with Gasteiger partial charge in [-0.1, -0.05) is 97.1 Å². The highest BCUT2D eigenvalue weighted by Crippen LogP contribution is 2.58. The summed E-state index contributed by atoms with van der Waals surface area (Å²) < 4.78 is 0. The van der Waals surface area contributed by atoms with Crippen LogP contribution in [0.5, 0.6) is 0 Å². The maximum absolute atomic E-state index is 2.53. The molecular weight excluding hydrogens is 653 g/mol. The molecule has 0 aromatic heterocycles. The second-order valence-corrected chi connectivity index (χ2v) is 14.8. The lowest BCUT2D eigenvalue weighted by Gasteiger charge is -2.26. The minimum absolute atomic E-state index is 0.935. The highest BCUT2D eigenvalue weighted by molar-refractivity contribution is 6.21. The smallest absolute Gasteiger partial charge is 0.0468 e. The van der Waals surface area contributed by atoms with E-state index in [0.29, 0.717) is 0 Å². The molecule has 54 heavy (non-hydrogen) atoms. The fourth-order valence-electron chi connectivity index (χ4n) is 9.68. The highest BCUT2D eigenvalue weighted by Gasteiger charge is 2.36. The van der Waals surface area contributed by atoms with Crippen LogP contribution < -0.4 is 9.80 Å². The highest BCUT2D eigenvalue weighted by atomic mass is 15.1. The van der Waals surface area contributed by atoms with E-state index in [1.54, 1.807) is 0 Å². The van der Waals surface area contributed by atoms with Gasteiger partial charge in [-0.15, -0.1) is 0 Å². The number of allylic oxidation sites excluding steroid dienone is 2. The van der Waals surface area contributed by atoms with E-state index in [2.05, 4.69) is 192 Å². The third kappa shape index (κ3) is 4.17. The minimum atomic E-state index is 0.935. The summed E-state index contributed by atoms with van der Waals surface area (Å²) in [5, 5.41) is 2.93. The van der Waals surface area contributed by atoms with E-state index >= 15 is 0 Å². The maximum Gasteiger partial charge on any atom is 0.0468 e. The Bertz CT molecular complexity index is 2620. The maximum atomic E-state index is 2.53. The van der Waals surface area contributed by atoms with Gasteiger partial charge in [-0.25, -0.2) is 0 Å². The van der Waals surface area contributed by atoms with Crippen LogP contribution in [0.1, 0.15) is 33.4 Å². The van der Waals surface area contributed by atoms with Crippen LogP contribution in [-0.2, 0) is 12.8 Å². The molecule has 2 heteroatoms. The summed E-state index contributed by atoms with van der Waals surface area (Å²) in [6, 6.07) is 62.2. The average molecular weight is 687 g/mol. The second-order valence-electron chi connectivity index (χ2n) is 14.8. The van der Waals surface area contributed by atoms with Crippen molar-refractivity contribution in [2.24, 2.45) is 0 Å². The number of hydrogen-bond donors (Lipinski definition) is 0. The Hall–Kier alpha value is -6.90. The molecule has 2 nitrogen and oxygen atoms in total. The van der Waals surface area contributed by atoms with E-state index in [9.17, 15) is 0 Å². The molecule has 4 aliphatic rings. The topological polar surface area (TPSA) is 6.48 Å². The number of benzene rings is 8. The molecular formula is C52H34N2. The van der Waals surface area contributed by atoms with Gasteiger partial charge in [0.15, 0.2) is 0 Å². The SMILES string of the molecule is C1=C2c3ccc(N(c4ccccc4)c4ccccc4)cc3-c3cc4c5c6c(cc(c5c32)C1)-c1cc(N(c2ccccc2)c2ccccc2)ccc1C6=CC4. The Labute approximate surface area is 315 Å². The van der Waals surface area contributed by atoms with E-state index < -0.39 is 0 Å². The van der Waals surface area contributed by atoms with Crippen LogP contribution in [0.15, 0.2) is 182 Å². The summed E-state index contributed by atoms with van der Waals surface area (Å²) in [4.78, 5) is 4.75. The molecule has 0 N–H and O–H groups in total. The third-order valence-corrected chi connectivity index (χ3v) is 11.9. The van der Waals surface area contributed by atoms with Crippen molar-refractivity contribution in [1.82, 2.24) is 0 Å². The summed E-state index contributed by atoms with van der Waals surface area (Å²) >= 11 is 0. The molecule has 0 bridgehead atoms. The molecule has 8 aromatic rings. The monoisotopic (exact) mass is 686 g/mol. The molecule has 8 aromatic carbocycles. The number of rotatable bonds is 6. The van der Waals surface area contributed by atoms with Gasteiger partial charge in [-0.3, -0.25) is 0 Å². The Morgan fingerprint density at radius 1 is 0.296 bits per heavy atom. The molecule has 0 saturated heterocycles. The van der Waals surface area contributed by atoms with Crippen molar-refractivity contribution in [3.63, 3.8) is 0 Å². The summed E-state index contributed by atoms with van der Waals surface area (Å²) in [5.74, 6) is 0. The number of hydrogen-bond acceptors (Lipinski definition) is 2. The van der Waals surface area contributed by atoms with Crippen molar-refractivity contribution in [3.8, 4) is 22.3 Å². The summed E-state index contributed by atoms with van der Waals surface area (Å²) in [6.07, 6.45) is 6.85. The first-order valence-corrected chi connectivity index (χ1v) is 19.0. The van der Waals surface area contributed by atoms with Gasteiger partial charge < -0.3 is 9.80 Å². The van der Waals surface area contributed by atoms with Gasteiger partial charge in [0.25, 0.3) is 0 Å². The van der Waals surface area contributed by atoms with E-state index in [1.807, 2.05) is 0 Å². The molecule has 0 saturated carbocycles. The van der Waals surface area contributed by atoms with Gasteiger partial charge in [-0.05, 0) is 175 Å². The lowest BCUT2D eigenvalue weighted by molar-refractivity contribution is 1.25. The predicted molar refractivity (Wildman–Crippen MR) is 226 cm³/mol. The van der Waals surface area contributed by atoms with Crippen molar-refractivity contribution in [2.75, 3.05) is 9.80 Å². The molecule has 0 unspecified atom stereocenters. The fourth-order valence-corrected chi connectivity index (χ4v) is 9.68. The molecule has 4 aliphatic carbocycles. The molecule has 0 radical (unpaired) electrons. The lowest BCUT2D eigenvalue weighted by Crippen LogP contribution is -2.09. The van der Waals surface area contributed by atoms with E-state index in [-0.39, 0.29) is 0 Å². The second kappa shape index (κ2) is 11.3. The van der Waals surface area contributed by atoms with Crippen LogP contribution in [0.3, 0.4) is 0 Å². The zero-order chi connectivity index (χ0) is 35.3. The van der Waals surface area contributed by atoms with Crippen LogP contribution in [0.4, 0.5) is 34.1 Å². The zero-order valence-corrected chi connectivity index (χ0v) is 29.6. The van der Waals surface area contributed by atoms with Gasteiger partial charge in [0.1, 0.15) is 0 Å². The first-order valence-electron chi connectivity index (χ1n) is 19.0. The van der Waals surface area contributed by atoms with Crippen LogP contribution in [0, 0.1) is 0 Å². The zero-order valence-electron chi connectivity index (χ0n) is 29.6. The van der Waals surface area contributed by atoms with Gasteiger partial charge in [-0.2, -0.15) is 0 Å². The summed E-state index contributed by atoms with van der Waals surface area (Å²) in [6.45, 7) is 0. The molecule has 12 rings (SSSR count). The quantitative estimate of drug-likeness (QED) is 0.172. The van der Waals surface area contributed by atoms with Gasteiger partial charge in [0.2, 0.25) is 0 Å². The van der Waals surface area contributed by atoms with Crippen molar-refractivity contribution in [2.45, 2.75) is 12.8 Å². The number of fused-ring (bicyclic) bond motifs is 6. The van der Waals surface area contributed by atoms with Gasteiger partial charge >= 0.3 is 0 Å². The molecule has 0 amide bonds. The molecule has 0 heterocycles. The first kappa shape index (κ1) is 29.7. The van der Waals surface area contributed by atoms with E-state index in [0.717, 1.165) is 35.6 Å². The van der Waals surface area contributed by atoms with Crippen molar-refractivity contribution in [3.05, 3.63) is 215 Å². The van der Waals surface area contributed by atoms with E-state index in [4.69, 9.17) is 0 Å². The molecule has 0 spiro atoms. The van der Waals surface area contributed by atoms with Crippen LogP contribution in [0.25, 0.3) is 44.2 Å². The predicted octanol–water partition coefficient (Wildman–Crippen LogP) is 13.7. The number of nitrogens with zero attached hydrogens (tertiary/aromatic N) is 2. The van der Waals surface area contributed by atoms with Gasteiger partial charge in [0, 0.05) is 34.1 Å². The normalized spacial score (nSPS) is 13.6. The molecule has 0 fully saturated rings. The fraction of sp³-hybridized carbons (Fsp3) is 0.0385. The lowest BCUT2D eigenvalue weighted by atomic mass is 9.79. The summed E-state index contributed by atoms with van der Waals surface area (Å²) in [5.41, 5.74) is 23.6. The Balaban J connectivity index is 1.03. The Morgan fingerprint density at radius 2 is 0.648 bits per heavy atom. The van der Waals surface area contributed by atoms with Crippen LogP contribution in [-0.4, -0.2) is 0 Å². The molecule has 0 atom stereocenters. The van der Waals surface area contributed by atoms with Crippen molar-refractivity contribution in [1.29, 1.82) is 0 Å². The van der Waals surface area contributed by atoms with Crippen LogP contribution in [0.2, 0.25) is 0 Å². The van der Waals surface area contributed by atoms with Crippen LogP contribution >= 0.6 is 0 Å². The largest absolute Gasteiger partial charge is 0.310 e. The number of para-hydroxylation sites is 4. The van der Waals surface area contributed by atoms with Crippen molar-refractivity contribution >= 4 is 56.0 Å². The Kier molecular flexibility index (Phi) is 6.20. The Morgan fingerprint density at radius 3 is 1.00 bits per heavy atom. The molecule has 0 aliphatic heterocycles. The standard InChI is InChI=1S/C52H34N2/c1-5-13-35(14-6-1)53(36-15-7-2-8-16-36)39-23-27-41-43-25-21-34-30-48-46-32-40(54(37-17-9-3-10-18-37)38-19-11-4-12-20-38)24-28-42(46)44-26-22-33-29-47(45(41)31-39)51(43)49(34)50(33)52(44)48/h1-20,23-32H,21-22H2. The van der Waals surface area contributed by atoms with E-state index in [1.165, 1.54) is 88.9 Å².